The zero-order chi connectivity index (χ0) is 13.9. The number of hydrogen-bond acceptors (Lipinski definition) is 2. The summed E-state index contributed by atoms with van der Waals surface area (Å²) in [6.07, 6.45) is -0.112. The Labute approximate surface area is 111 Å². The Morgan fingerprint density at radius 3 is 2.79 bits per heavy atom. The molecule has 2 unspecified atom stereocenters. The number of anilines is 1. The van der Waals surface area contributed by atoms with Crippen molar-refractivity contribution < 1.29 is 17.9 Å². The fraction of sp³-hybridized carbons (Fsp3) is 0.571. The van der Waals surface area contributed by atoms with Crippen LogP contribution in [0.1, 0.15) is 32.6 Å². The van der Waals surface area contributed by atoms with Gasteiger partial charge in [0.15, 0.2) is 0 Å². The third-order valence-corrected chi connectivity index (χ3v) is 3.60. The summed E-state index contributed by atoms with van der Waals surface area (Å²) in [6.45, 7) is 2.15. The van der Waals surface area contributed by atoms with Gasteiger partial charge < -0.3 is 10.1 Å². The number of benzene rings is 1. The zero-order valence-corrected chi connectivity index (χ0v) is 10.8. The lowest BCUT2D eigenvalue weighted by atomic mass is 10.0. The Hall–Kier alpha value is -1.39. The van der Waals surface area contributed by atoms with Gasteiger partial charge in [0.2, 0.25) is 0 Å². The van der Waals surface area contributed by atoms with Crippen LogP contribution in [0, 0.1) is 5.92 Å². The number of alkyl halides is 3. The van der Waals surface area contributed by atoms with Crippen LogP contribution in [-0.4, -0.2) is 12.4 Å². The maximum Gasteiger partial charge on any atom is 0.573 e. The molecule has 0 aromatic heterocycles. The Morgan fingerprint density at radius 1 is 1.32 bits per heavy atom. The summed E-state index contributed by atoms with van der Waals surface area (Å²) in [5.41, 5.74) is 0.687. The highest BCUT2D eigenvalue weighted by atomic mass is 19.4. The van der Waals surface area contributed by atoms with Crippen LogP contribution in [0.2, 0.25) is 0 Å². The van der Waals surface area contributed by atoms with E-state index in [0.29, 0.717) is 17.6 Å². The van der Waals surface area contributed by atoms with Crippen molar-refractivity contribution in [2.75, 3.05) is 5.32 Å². The van der Waals surface area contributed by atoms with Gasteiger partial charge >= 0.3 is 6.36 Å². The molecule has 0 saturated heterocycles. The van der Waals surface area contributed by atoms with Crippen molar-refractivity contribution in [2.45, 2.75) is 45.0 Å². The molecule has 1 N–H and O–H groups in total. The van der Waals surface area contributed by atoms with Gasteiger partial charge in [0, 0.05) is 17.8 Å². The largest absolute Gasteiger partial charge is 0.573 e. The van der Waals surface area contributed by atoms with Crippen molar-refractivity contribution >= 4 is 5.69 Å². The van der Waals surface area contributed by atoms with E-state index in [-0.39, 0.29) is 5.75 Å². The molecule has 0 aliphatic heterocycles. The van der Waals surface area contributed by atoms with Crippen molar-refractivity contribution in [2.24, 2.45) is 5.92 Å². The van der Waals surface area contributed by atoms with E-state index >= 15 is 0 Å². The fourth-order valence-electron chi connectivity index (χ4n) is 2.71. The van der Waals surface area contributed by atoms with E-state index in [1.807, 2.05) is 0 Å². The van der Waals surface area contributed by atoms with Gasteiger partial charge in [0.25, 0.3) is 0 Å². The van der Waals surface area contributed by atoms with Gasteiger partial charge in [-0.25, -0.2) is 0 Å². The molecule has 1 saturated carbocycles. The molecule has 2 atom stereocenters. The molecule has 0 bridgehead atoms. The minimum absolute atomic E-state index is 0.177. The molecule has 2 nitrogen and oxygen atoms in total. The van der Waals surface area contributed by atoms with E-state index in [4.69, 9.17) is 0 Å². The summed E-state index contributed by atoms with van der Waals surface area (Å²) in [4.78, 5) is 0. The first-order chi connectivity index (χ1) is 8.98. The first-order valence-electron chi connectivity index (χ1n) is 6.60. The van der Waals surface area contributed by atoms with Crippen molar-refractivity contribution in [3.05, 3.63) is 24.3 Å². The van der Waals surface area contributed by atoms with Gasteiger partial charge in [0.1, 0.15) is 5.75 Å². The minimum Gasteiger partial charge on any atom is -0.406 e. The Bertz CT molecular complexity index is 419. The van der Waals surface area contributed by atoms with Gasteiger partial charge in [-0.3, -0.25) is 0 Å². The van der Waals surface area contributed by atoms with Crippen LogP contribution in [0.5, 0.6) is 5.75 Å². The summed E-state index contributed by atoms with van der Waals surface area (Å²) in [7, 11) is 0. The quantitative estimate of drug-likeness (QED) is 0.867. The lowest BCUT2D eigenvalue weighted by molar-refractivity contribution is -0.274. The second-order valence-electron chi connectivity index (χ2n) is 4.93. The minimum atomic E-state index is -4.64. The fourth-order valence-corrected chi connectivity index (χ4v) is 2.71. The van der Waals surface area contributed by atoms with E-state index in [2.05, 4.69) is 17.0 Å². The molecule has 0 radical (unpaired) electrons. The molecule has 5 heteroatoms. The van der Waals surface area contributed by atoms with Crippen LogP contribution in [0.3, 0.4) is 0 Å². The third kappa shape index (κ3) is 4.04. The van der Waals surface area contributed by atoms with Crippen molar-refractivity contribution in [1.29, 1.82) is 0 Å². The van der Waals surface area contributed by atoms with Crippen LogP contribution >= 0.6 is 0 Å². The van der Waals surface area contributed by atoms with Gasteiger partial charge in [-0.2, -0.15) is 0 Å². The molecule has 2 rings (SSSR count). The first-order valence-corrected chi connectivity index (χ1v) is 6.60. The van der Waals surface area contributed by atoms with Gasteiger partial charge in [-0.15, -0.1) is 13.2 Å². The van der Waals surface area contributed by atoms with Crippen LogP contribution in [0.4, 0.5) is 18.9 Å². The summed E-state index contributed by atoms with van der Waals surface area (Å²) >= 11 is 0. The standard InChI is InChI=1S/C14H18F3NO/c1-2-10-5-3-8-13(10)18-11-6-4-7-12(9-11)19-14(15,16)17/h4,6-7,9-10,13,18H,2-3,5,8H2,1H3. The highest BCUT2D eigenvalue weighted by Crippen LogP contribution is 2.32. The summed E-state index contributed by atoms with van der Waals surface area (Å²) in [5, 5.41) is 3.32. The molecular weight excluding hydrogens is 255 g/mol. The maximum absolute atomic E-state index is 12.2. The Kier molecular flexibility index (Phi) is 4.22. The molecule has 1 aromatic rings. The van der Waals surface area contributed by atoms with Crippen LogP contribution < -0.4 is 10.1 Å². The van der Waals surface area contributed by atoms with E-state index in [1.165, 1.54) is 25.0 Å². The molecule has 1 aromatic carbocycles. The lowest BCUT2D eigenvalue weighted by Gasteiger charge is -2.21. The lowest BCUT2D eigenvalue weighted by Crippen LogP contribution is -2.23. The Balaban J connectivity index is 2.02. The molecule has 106 valence electrons. The second-order valence-corrected chi connectivity index (χ2v) is 4.93. The third-order valence-electron chi connectivity index (χ3n) is 3.60. The van der Waals surface area contributed by atoms with Gasteiger partial charge in [0.05, 0.1) is 0 Å². The maximum atomic E-state index is 12.2. The zero-order valence-electron chi connectivity index (χ0n) is 10.8. The van der Waals surface area contributed by atoms with E-state index < -0.39 is 6.36 Å². The predicted molar refractivity (Wildman–Crippen MR) is 68.2 cm³/mol. The topological polar surface area (TPSA) is 21.3 Å². The average molecular weight is 273 g/mol. The van der Waals surface area contributed by atoms with Crippen LogP contribution in [0.15, 0.2) is 24.3 Å². The highest BCUT2D eigenvalue weighted by Gasteiger charge is 2.31. The second kappa shape index (κ2) is 5.72. The van der Waals surface area contributed by atoms with Crippen LogP contribution in [-0.2, 0) is 0 Å². The van der Waals surface area contributed by atoms with Crippen molar-refractivity contribution in [3.63, 3.8) is 0 Å². The molecule has 19 heavy (non-hydrogen) atoms. The van der Waals surface area contributed by atoms with E-state index in [9.17, 15) is 13.2 Å². The molecule has 1 aliphatic carbocycles. The number of nitrogens with one attached hydrogen (secondary N) is 1. The van der Waals surface area contributed by atoms with Crippen LogP contribution in [0.25, 0.3) is 0 Å². The summed E-state index contributed by atoms with van der Waals surface area (Å²) in [6, 6.07) is 6.41. The molecule has 0 heterocycles. The highest BCUT2D eigenvalue weighted by molar-refractivity contribution is 5.49. The average Bonchev–Trinajstić information content (AvgIpc) is 2.74. The molecule has 1 aliphatic rings. The smallest absolute Gasteiger partial charge is 0.406 e. The Morgan fingerprint density at radius 2 is 2.11 bits per heavy atom. The SMILES string of the molecule is CCC1CCCC1Nc1cccc(OC(F)(F)F)c1. The molecule has 1 fully saturated rings. The number of ether oxygens (including phenoxy) is 1. The van der Waals surface area contributed by atoms with Gasteiger partial charge in [-0.05, 0) is 30.9 Å². The normalized spacial score (nSPS) is 23.4. The summed E-state index contributed by atoms with van der Waals surface area (Å²) in [5.74, 6) is 0.427. The first kappa shape index (κ1) is 14.0. The number of hydrogen-bond donors (Lipinski definition) is 1. The van der Waals surface area contributed by atoms with Crippen molar-refractivity contribution in [3.8, 4) is 5.75 Å². The van der Waals surface area contributed by atoms with E-state index in [0.717, 1.165) is 12.8 Å². The predicted octanol–water partition coefficient (Wildman–Crippen LogP) is 4.58. The molecule has 0 spiro atoms. The molecular formula is C14H18F3NO. The number of rotatable bonds is 4. The van der Waals surface area contributed by atoms with Crippen molar-refractivity contribution in [1.82, 2.24) is 0 Å². The number of halogens is 3. The van der Waals surface area contributed by atoms with Gasteiger partial charge in [-0.1, -0.05) is 25.8 Å². The molecule has 0 amide bonds. The van der Waals surface area contributed by atoms with E-state index in [1.54, 1.807) is 12.1 Å². The monoisotopic (exact) mass is 273 g/mol. The summed E-state index contributed by atoms with van der Waals surface area (Å²) < 4.78 is 40.4.